The second-order valence-electron chi connectivity index (χ2n) is 8.02. The van der Waals surface area contributed by atoms with Crippen molar-refractivity contribution in [1.29, 1.82) is 0 Å². The van der Waals surface area contributed by atoms with Crippen molar-refractivity contribution in [3.05, 3.63) is 65.0 Å². The highest BCUT2D eigenvalue weighted by Crippen LogP contribution is 2.24. The van der Waals surface area contributed by atoms with Crippen molar-refractivity contribution in [2.24, 2.45) is 5.92 Å². The van der Waals surface area contributed by atoms with Crippen molar-refractivity contribution in [3.8, 4) is 0 Å². The van der Waals surface area contributed by atoms with Gasteiger partial charge in [0.25, 0.3) is 0 Å². The van der Waals surface area contributed by atoms with Crippen LogP contribution in [0.5, 0.6) is 0 Å². The quantitative estimate of drug-likeness (QED) is 0.645. The Labute approximate surface area is 169 Å². The van der Waals surface area contributed by atoms with Crippen LogP contribution in [0, 0.1) is 11.7 Å². The molecule has 1 saturated heterocycles. The molecule has 1 aliphatic heterocycles. The van der Waals surface area contributed by atoms with Gasteiger partial charge in [-0.3, -0.25) is 4.90 Å². The summed E-state index contributed by atoms with van der Waals surface area (Å²) in [7, 11) is 1.72. The second-order valence-corrected chi connectivity index (χ2v) is 8.02. The van der Waals surface area contributed by atoms with Gasteiger partial charge in [-0.05, 0) is 41.2 Å². The van der Waals surface area contributed by atoms with E-state index >= 15 is 0 Å². The zero-order valence-electron chi connectivity index (χ0n) is 17.5. The molecule has 0 aliphatic carbocycles. The van der Waals surface area contributed by atoms with Crippen LogP contribution in [0.2, 0.25) is 0 Å². The van der Waals surface area contributed by atoms with Gasteiger partial charge in [-0.1, -0.05) is 50.6 Å². The molecule has 1 aliphatic rings. The van der Waals surface area contributed by atoms with Crippen molar-refractivity contribution >= 4 is 5.69 Å². The fourth-order valence-electron chi connectivity index (χ4n) is 3.79. The van der Waals surface area contributed by atoms with Gasteiger partial charge in [0.2, 0.25) is 0 Å². The Morgan fingerprint density at radius 2 is 1.61 bits per heavy atom. The number of ether oxygens (including phenoxy) is 1. The minimum absolute atomic E-state index is 0.0806. The number of hydrogen-bond acceptors (Lipinski definition) is 3. The lowest BCUT2D eigenvalue weighted by atomic mass is 9.98. The van der Waals surface area contributed by atoms with Crippen molar-refractivity contribution in [2.45, 2.75) is 39.8 Å². The standard InChI is InChI=1S/C24H33FN2O/c1-4-19(2)15-22-9-10-24(23(25)16-22)27-13-11-26(12-14-27)17-20-5-7-21(8-6-20)18-28-3/h5-10,16,19H,4,11-15,17-18H2,1-3H3. The normalized spacial score (nSPS) is 16.4. The molecular formula is C24H33FN2O. The summed E-state index contributed by atoms with van der Waals surface area (Å²) in [4.78, 5) is 4.62. The first kappa shape index (κ1) is 20.8. The van der Waals surface area contributed by atoms with Crippen LogP contribution >= 0.6 is 0 Å². The number of methoxy groups -OCH3 is 1. The van der Waals surface area contributed by atoms with Gasteiger partial charge in [0.1, 0.15) is 5.82 Å². The molecule has 1 atom stereocenters. The summed E-state index contributed by atoms with van der Waals surface area (Å²) in [6.07, 6.45) is 2.07. The van der Waals surface area contributed by atoms with E-state index in [2.05, 4.69) is 54.0 Å². The molecule has 152 valence electrons. The highest BCUT2D eigenvalue weighted by Gasteiger charge is 2.20. The molecule has 0 aromatic heterocycles. The van der Waals surface area contributed by atoms with E-state index in [1.807, 2.05) is 6.07 Å². The van der Waals surface area contributed by atoms with Crippen LogP contribution in [0.3, 0.4) is 0 Å². The van der Waals surface area contributed by atoms with E-state index in [1.54, 1.807) is 13.2 Å². The van der Waals surface area contributed by atoms with Crippen molar-refractivity contribution in [3.63, 3.8) is 0 Å². The molecule has 0 amide bonds. The van der Waals surface area contributed by atoms with Crippen LogP contribution in [0.4, 0.5) is 10.1 Å². The molecular weight excluding hydrogens is 351 g/mol. The monoisotopic (exact) mass is 384 g/mol. The van der Waals surface area contributed by atoms with Gasteiger partial charge >= 0.3 is 0 Å². The van der Waals surface area contributed by atoms with Crippen LogP contribution in [0.15, 0.2) is 42.5 Å². The van der Waals surface area contributed by atoms with Gasteiger partial charge < -0.3 is 9.64 Å². The lowest BCUT2D eigenvalue weighted by Crippen LogP contribution is -2.46. The molecule has 2 aromatic carbocycles. The van der Waals surface area contributed by atoms with E-state index < -0.39 is 0 Å². The summed E-state index contributed by atoms with van der Waals surface area (Å²) in [6.45, 7) is 9.63. The van der Waals surface area contributed by atoms with E-state index in [9.17, 15) is 4.39 Å². The fraction of sp³-hybridized carbons (Fsp3) is 0.500. The maximum atomic E-state index is 14.7. The predicted molar refractivity (Wildman–Crippen MR) is 114 cm³/mol. The maximum absolute atomic E-state index is 14.7. The van der Waals surface area contributed by atoms with E-state index in [1.165, 1.54) is 11.1 Å². The molecule has 1 heterocycles. The molecule has 0 spiro atoms. The molecule has 3 nitrogen and oxygen atoms in total. The van der Waals surface area contributed by atoms with E-state index in [-0.39, 0.29) is 5.82 Å². The molecule has 2 aromatic rings. The third-order valence-electron chi connectivity index (χ3n) is 5.75. The van der Waals surface area contributed by atoms with Gasteiger partial charge in [-0.25, -0.2) is 4.39 Å². The molecule has 28 heavy (non-hydrogen) atoms. The molecule has 0 bridgehead atoms. The Morgan fingerprint density at radius 1 is 0.964 bits per heavy atom. The topological polar surface area (TPSA) is 15.7 Å². The lowest BCUT2D eigenvalue weighted by molar-refractivity contribution is 0.185. The van der Waals surface area contributed by atoms with Gasteiger partial charge in [-0.2, -0.15) is 0 Å². The molecule has 4 heteroatoms. The average molecular weight is 385 g/mol. The van der Waals surface area contributed by atoms with Crippen molar-refractivity contribution in [1.82, 2.24) is 4.90 Å². The number of piperazine rings is 1. The smallest absolute Gasteiger partial charge is 0.146 e. The van der Waals surface area contributed by atoms with Gasteiger partial charge in [0.05, 0.1) is 12.3 Å². The molecule has 0 saturated carbocycles. The van der Waals surface area contributed by atoms with Crippen LogP contribution in [0.1, 0.15) is 37.0 Å². The number of halogens is 1. The molecule has 1 unspecified atom stereocenters. The van der Waals surface area contributed by atoms with E-state index in [4.69, 9.17) is 4.74 Å². The highest BCUT2D eigenvalue weighted by atomic mass is 19.1. The van der Waals surface area contributed by atoms with E-state index in [0.717, 1.165) is 56.8 Å². The molecule has 1 fully saturated rings. The summed E-state index contributed by atoms with van der Waals surface area (Å²) in [5, 5.41) is 0. The predicted octanol–water partition coefficient (Wildman–Crippen LogP) is 4.88. The Morgan fingerprint density at radius 3 is 2.21 bits per heavy atom. The summed E-state index contributed by atoms with van der Waals surface area (Å²) >= 11 is 0. The number of anilines is 1. The van der Waals surface area contributed by atoms with Crippen LogP contribution < -0.4 is 4.90 Å². The van der Waals surface area contributed by atoms with Crippen molar-refractivity contribution in [2.75, 3.05) is 38.2 Å². The summed E-state index contributed by atoms with van der Waals surface area (Å²) in [5.41, 5.74) is 4.36. The van der Waals surface area contributed by atoms with Crippen LogP contribution in [-0.2, 0) is 24.3 Å². The average Bonchev–Trinajstić information content (AvgIpc) is 2.70. The number of nitrogens with zero attached hydrogens (tertiary/aromatic N) is 2. The fourth-order valence-corrected chi connectivity index (χ4v) is 3.79. The third kappa shape index (κ3) is 5.55. The largest absolute Gasteiger partial charge is 0.380 e. The van der Waals surface area contributed by atoms with Crippen molar-refractivity contribution < 1.29 is 9.13 Å². The first-order chi connectivity index (χ1) is 13.6. The number of rotatable bonds is 8. The Bertz CT molecular complexity index is 739. The Balaban J connectivity index is 1.53. The van der Waals surface area contributed by atoms with Gasteiger partial charge in [0, 0.05) is 39.8 Å². The van der Waals surface area contributed by atoms with Gasteiger partial charge in [-0.15, -0.1) is 0 Å². The molecule has 0 radical (unpaired) electrons. The minimum Gasteiger partial charge on any atom is -0.380 e. The maximum Gasteiger partial charge on any atom is 0.146 e. The van der Waals surface area contributed by atoms with Crippen LogP contribution in [0.25, 0.3) is 0 Å². The number of benzene rings is 2. The Kier molecular flexibility index (Phi) is 7.46. The first-order valence-electron chi connectivity index (χ1n) is 10.4. The molecule has 0 N–H and O–H groups in total. The summed E-state index contributed by atoms with van der Waals surface area (Å²) < 4.78 is 19.8. The lowest BCUT2D eigenvalue weighted by Gasteiger charge is -2.36. The minimum atomic E-state index is -0.0806. The first-order valence-corrected chi connectivity index (χ1v) is 10.4. The molecule has 3 rings (SSSR count). The zero-order valence-corrected chi connectivity index (χ0v) is 17.5. The summed E-state index contributed by atoms with van der Waals surface area (Å²) in [5.74, 6) is 0.514. The van der Waals surface area contributed by atoms with Gasteiger partial charge in [0.15, 0.2) is 0 Å². The third-order valence-corrected chi connectivity index (χ3v) is 5.75. The summed E-state index contributed by atoms with van der Waals surface area (Å²) in [6, 6.07) is 14.4. The SMILES string of the molecule is CCC(C)Cc1ccc(N2CCN(Cc3ccc(COC)cc3)CC2)c(F)c1. The Hall–Kier alpha value is -1.91. The van der Waals surface area contributed by atoms with Crippen LogP contribution in [-0.4, -0.2) is 38.2 Å². The number of hydrogen-bond donors (Lipinski definition) is 0. The van der Waals surface area contributed by atoms with E-state index in [0.29, 0.717) is 12.5 Å². The second kappa shape index (κ2) is 10.0. The highest BCUT2D eigenvalue weighted by molar-refractivity contribution is 5.49. The zero-order chi connectivity index (χ0) is 19.9.